The zero-order chi connectivity index (χ0) is 19.2. The average molecular weight is 375 g/mol. The molecule has 1 aromatic carbocycles. The number of thioether (sulfide) groups is 1. The maximum Gasteiger partial charge on any atom is 0.231 e. The van der Waals surface area contributed by atoms with Crippen molar-refractivity contribution < 1.29 is 9.18 Å². The van der Waals surface area contributed by atoms with Crippen molar-refractivity contribution in [1.82, 2.24) is 20.2 Å². The van der Waals surface area contributed by atoms with Crippen LogP contribution in [0.3, 0.4) is 0 Å². The lowest BCUT2D eigenvalue weighted by molar-refractivity contribution is -0.119. The molecule has 2 aromatic rings. The Labute approximate surface area is 156 Å². The molecule has 0 aliphatic rings. The number of carbonyl (C=O) groups excluding carboxylic acids is 1. The molecule has 3 N–H and O–H groups in total. The second kappa shape index (κ2) is 8.72. The molecule has 0 atom stereocenters. The van der Waals surface area contributed by atoms with Gasteiger partial charge < -0.3 is 11.2 Å². The first-order valence-electron chi connectivity index (χ1n) is 8.29. The summed E-state index contributed by atoms with van der Waals surface area (Å²) in [5.74, 6) is 8.64. The minimum Gasteiger partial charge on any atom is -0.339 e. The fourth-order valence-corrected chi connectivity index (χ4v) is 3.11. The summed E-state index contributed by atoms with van der Waals surface area (Å²) in [7, 11) is 0. The number of carbonyl (C=O) groups is 1. The number of amides is 1. The van der Waals surface area contributed by atoms with Crippen LogP contribution in [-0.2, 0) is 11.2 Å². The van der Waals surface area contributed by atoms with E-state index in [0.29, 0.717) is 29.4 Å². The minimum absolute atomic E-state index is 0.110. The van der Waals surface area contributed by atoms with Crippen molar-refractivity contribution in [2.75, 3.05) is 11.6 Å². The fourth-order valence-electron chi connectivity index (χ4n) is 2.44. The first-order chi connectivity index (χ1) is 12.4. The lowest BCUT2D eigenvalue weighted by atomic mass is 9.94. The quantitative estimate of drug-likeness (QED) is 0.419. The molecule has 0 spiro atoms. The third kappa shape index (κ3) is 4.55. The summed E-state index contributed by atoms with van der Waals surface area (Å²) in [5, 5.41) is 11.2. The largest absolute Gasteiger partial charge is 0.339 e. The molecule has 0 aliphatic heterocycles. The number of rotatable bonds is 8. The number of hydrogen-bond acceptors (Lipinski definition) is 5. The van der Waals surface area contributed by atoms with Crippen LogP contribution < -0.4 is 11.2 Å². The molecule has 0 aliphatic carbocycles. The normalized spacial score (nSPS) is 11.2. The first kappa shape index (κ1) is 19.8. The molecule has 0 bridgehead atoms. The van der Waals surface area contributed by atoms with Crippen LogP contribution in [0.1, 0.15) is 38.1 Å². The molecule has 26 heavy (non-hydrogen) atoms. The molecule has 1 aromatic heterocycles. The van der Waals surface area contributed by atoms with Gasteiger partial charge in [0, 0.05) is 6.42 Å². The molecule has 8 heteroatoms. The minimum atomic E-state index is -0.635. The van der Waals surface area contributed by atoms with Gasteiger partial charge in [-0.3, -0.25) is 4.79 Å². The van der Waals surface area contributed by atoms with E-state index in [-0.39, 0.29) is 23.9 Å². The predicted molar refractivity (Wildman–Crippen MR) is 100 cm³/mol. The van der Waals surface area contributed by atoms with Crippen LogP contribution in [0.2, 0.25) is 0 Å². The van der Waals surface area contributed by atoms with Crippen molar-refractivity contribution in [3.63, 3.8) is 0 Å². The van der Waals surface area contributed by atoms with Crippen molar-refractivity contribution in [3.05, 3.63) is 41.5 Å². The summed E-state index contributed by atoms with van der Waals surface area (Å²) >= 11 is 1.15. The van der Waals surface area contributed by atoms with Crippen molar-refractivity contribution in [1.29, 1.82) is 0 Å². The fraction of sp³-hybridized carbons (Fsp3) is 0.389. The van der Waals surface area contributed by atoms with Crippen molar-refractivity contribution in [2.24, 2.45) is 0 Å². The SMILES string of the molecule is C#CC(CC)(CC)NC(=O)CSc1nnc(Cc2ccccc2F)n1N. The van der Waals surface area contributed by atoms with Crippen LogP contribution in [0.5, 0.6) is 0 Å². The molecule has 0 saturated carbocycles. The second-order valence-electron chi connectivity index (χ2n) is 5.81. The number of nitrogens with zero attached hydrogens (tertiary/aromatic N) is 3. The Morgan fingerprint density at radius 2 is 2.08 bits per heavy atom. The van der Waals surface area contributed by atoms with Crippen molar-refractivity contribution in [2.45, 2.75) is 43.8 Å². The topological polar surface area (TPSA) is 85.8 Å². The third-order valence-corrected chi connectivity index (χ3v) is 5.18. The number of nitrogens with one attached hydrogen (secondary N) is 1. The van der Waals surface area contributed by atoms with Crippen LogP contribution in [0.4, 0.5) is 4.39 Å². The van der Waals surface area contributed by atoms with E-state index in [9.17, 15) is 9.18 Å². The first-order valence-corrected chi connectivity index (χ1v) is 9.27. The molecule has 6 nitrogen and oxygen atoms in total. The molecule has 0 fully saturated rings. The lowest BCUT2D eigenvalue weighted by Crippen LogP contribution is -2.47. The van der Waals surface area contributed by atoms with E-state index in [1.54, 1.807) is 18.2 Å². The van der Waals surface area contributed by atoms with Gasteiger partial charge in [-0.2, -0.15) is 0 Å². The van der Waals surface area contributed by atoms with E-state index in [2.05, 4.69) is 21.4 Å². The molecule has 0 radical (unpaired) electrons. The van der Waals surface area contributed by atoms with E-state index in [4.69, 9.17) is 12.3 Å². The molecule has 1 heterocycles. The number of terminal acetylenes is 1. The van der Waals surface area contributed by atoms with Crippen molar-refractivity contribution >= 4 is 17.7 Å². The summed E-state index contributed by atoms with van der Waals surface area (Å²) in [5.41, 5.74) is -0.157. The van der Waals surface area contributed by atoms with Crippen LogP contribution in [0.15, 0.2) is 29.4 Å². The molecule has 0 unspecified atom stereocenters. The lowest BCUT2D eigenvalue weighted by Gasteiger charge is -2.26. The Kier molecular flexibility index (Phi) is 6.64. The Bertz CT molecular complexity index is 810. The third-order valence-electron chi connectivity index (χ3n) is 4.24. The highest BCUT2D eigenvalue weighted by Gasteiger charge is 2.25. The number of halogens is 1. The van der Waals surface area contributed by atoms with Crippen molar-refractivity contribution in [3.8, 4) is 12.3 Å². The number of benzene rings is 1. The standard InChI is InChI=1S/C18H22FN5OS/c1-4-18(5-2,6-3)21-16(25)12-26-17-23-22-15(24(17)20)11-13-9-7-8-10-14(13)19/h1,7-10H,5-6,11-12,20H2,2-3H3,(H,21,25). The van der Waals surface area contributed by atoms with Crippen LogP contribution in [0, 0.1) is 18.2 Å². The van der Waals surface area contributed by atoms with Crippen LogP contribution in [0.25, 0.3) is 0 Å². The van der Waals surface area contributed by atoms with E-state index in [1.165, 1.54) is 10.7 Å². The Balaban J connectivity index is 1.99. The van der Waals surface area contributed by atoms with E-state index < -0.39 is 5.54 Å². The monoisotopic (exact) mass is 375 g/mol. The highest BCUT2D eigenvalue weighted by Crippen LogP contribution is 2.19. The van der Waals surface area contributed by atoms with Gasteiger partial charge in [0.1, 0.15) is 11.4 Å². The van der Waals surface area contributed by atoms with Gasteiger partial charge >= 0.3 is 0 Å². The molecule has 0 saturated heterocycles. The maximum atomic E-state index is 13.8. The average Bonchev–Trinajstić information content (AvgIpc) is 3.00. The number of aromatic nitrogens is 3. The van der Waals surface area contributed by atoms with E-state index in [0.717, 1.165) is 11.8 Å². The zero-order valence-electron chi connectivity index (χ0n) is 14.8. The Hall–Kier alpha value is -2.53. The predicted octanol–water partition coefficient (Wildman–Crippen LogP) is 2.12. The van der Waals surface area contributed by atoms with Gasteiger partial charge in [0.15, 0.2) is 5.82 Å². The summed E-state index contributed by atoms with van der Waals surface area (Å²) < 4.78 is 15.0. The molecule has 138 valence electrons. The van der Waals surface area contributed by atoms with Gasteiger partial charge in [-0.05, 0) is 24.5 Å². The Morgan fingerprint density at radius 1 is 1.38 bits per heavy atom. The van der Waals surface area contributed by atoms with Crippen LogP contribution >= 0.6 is 11.8 Å². The van der Waals surface area contributed by atoms with Gasteiger partial charge in [0.25, 0.3) is 0 Å². The van der Waals surface area contributed by atoms with Crippen LogP contribution in [-0.4, -0.2) is 32.1 Å². The molecular weight excluding hydrogens is 353 g/mol. The number of nitrogens with two attached hydrogens (primary N) is 1. The summed E-state index contributed by atoms with van der Waals surface area (Å²) in [6.45, 7) is 3.87. The Morgan fingerprint density at radius 3 is 2.69 bits per heavy atom. The summed E-state index contributed by atoms with van der Waals surface area (Å²) in [6, 6.07) is 6.41. The van der Waals surface area contributed by atoms with Gasteiger partial charge in [-0.15, -0.1) is 16.6 Å². The maximum absolute atomic E-state index is 13.8. The number of hydrogen-bond donors (Lipinski definition) is 2. The van der Waals surface area contributed by atoms with Gasteiger partial charge in [0.2, 0.25) is 11.1 Å². The molecule has 2 rings (SSSR count). The van der Waals surface area contributed by atoms with E-state index in [1.807, 2.05) is 13.8 Å². The zero-order valence-corrected chi connectivity index (χ0v) is 15.6. The molecular formula is C18H22FN5OS. The highest BCUT2D eigenvalue weighted by atomic mass is 32.2. The highest BCUT2D eigenvalue weighted by molar-refractivity contribution is 7.99. The second-order valence-corrected chi connectivity index (χ2v) is 6.75. The smallest absolute Gasteiger partial charge is 0.231 e. The van der Waals surface area contributed by atoms with Gasteiger partial charge in [0.05, 0.1) is 5.75 Å². The summed E-state index contributed by atoms with van der Waals surface area (Å²) in [6.07, 6.45) is 7.06. The molecule has 1 amide bonds. The van der Waals surface area contributed by atoms with Gasteiger partial charge in [-0.1, -0.05) is 49.7 Å². The summed E-state index contributed by atoms with van der Waals surface area (Å²) in [4.78, 5) is 12.2. The van der Waals surface area contributed by atoms with E-state index >= 15 is 0 Å². The number of nitrogen functional groups attached to an aromatic ring is 1. The van der Waals surface area contributed by atoms with Gasteiger partial charge in [-0.25, -0.2) is 9.07 Å².